The van der Waals surface area contributed by atoms with Crippen molar-refractivity contribution in [1.82, 2.24) is 0 Å². The molecule has 3 rings (SSSR count). The first-order valence-electron chi connectivity index (χ1n) is 6.28. The molecule has 2 heterocycles. The molecular weight excluding hydrogens is 232 g/mol. The summed E-state index contributed by atoms with van der Waals surface area (Å²) in [5, 5.41) is 11.3. The lowest BCUT2D eigenvalue weighted by Gasteiger charge is -2.28. The van der Waals surface area contributed by atoms with Gasteiger partial charge in [0.1, 0.15) is 11.4 Å². The molecule has 3 heteroatoms. The first-order chi connectivity index (χ1) is 8.19. The first-order valence-corrected chi connectivity index (χ1v) is 7.33. The number of fused-ring (bicyclic) bond motifs is 1. The molecule has 2 unspecified atom stereocenters. The van der Waals surface area contributed by atoms with Crippen molar-refractivity contribution in [2.75, 3.05) is 12.4 Å². The van der Waals surface area contributed by atoms with E-state index in [-0.39, 0.29) is 0 Å². The largest absolute Gasteiger partial charge is 0.493 e. The lowest BCUT2D eigenvalue weighted by molar-refractivity contribution is 0.0570. The van der Waals surface area contributed by atoms with Crippen molar-refractivity contribution in [2.24, 2.45) is 0 Å². The van der Waals surface area contributed by atoms with Gasteiger partial charge in [-0.25, -0.2) is 0 Å². The number of para-hydroxylation sites is 1. The van der Waals surface area contributed by atoms with Gasteiger partial charge in [0.25, 0.3) is 0 Å². The fourth-order valence-electron chi connectivity index (χ4n) is 2.82. The Morgan fingerprint density at radius 2 is 2.35 bits per heavy atom. The summed E-state index contributed by atoms with van der Waals surface area (Å²) in [6.07, 6.45) is 2.99. The number of benzene rings is 1. The molecule has 0 saturated carbocycles. The Morgan fingerprint density at radius 1 is 1.47 bits per heavy atom. The van der Waals surface area contributed by atoms with Crippen LogP contribution in [0, 0.1) is 0 Å². The van der Waals surface area contributed by atoms with Crippen LogP contribution >= 0.6 is 11.8 Å². The van der Waals surface area contributed by atoms with Crippen LogP contribution in [0.25, 0.3) is 0 Å². The van der Waals surface area contributed by atoms with Gasteiger partial charge >= 0.3 is 0 Å². The molecule has 0 spiro atoms. The maximum atomic E-state index is 10.8. The molecule has 1 saturated heterocycles. The number of hydrogen-bond acceptors (Lipinski definition) is 3. The Hall–Kier alpha value is -0.670. The summed E-state index contributed by atoms with van der Waals surface area (Å²) in [4.78, 5) is 0. The van der Waals surface area contributed by atoms with Crippen LogP contribution in [-0.2, 0) is 12.0 Å². The normalized spacial score (nSPS) is 32.0. The molecule has 1 N–H and O–H groups in total. The maximum absolute atomic E-state index is 10.8. The van der Waals surface area contributed by atoms with Gasteiger partial charge in [-0.3, -0.25) is 0 Å². The summed E-state index contributed by atoms with van der Waals surface area (Å²) >= 11 is 1.84. The molecule has 0 bridgehead atoms. The predicted molar refractivity (Wildman–Crippen MR) is 70.7 cm³/mol. The number of hydrogen-bond donors (Lipinski definition) is 1. The van der Waals surface area contributed by atoms with Crippen LogP contribution in [0.15, 0.2) is 18.2 Å². The fraction of sp³-hybridized carbons (Fsp3) is 0.571. The van der Waals surface area contributed by atoms with Gasteiger partial charge in [0.2, 0.25) is 0 Å². The Labute approximate surface area is 106 Å². The summed E-state index contributed by atoms with van der Waals surface area (Å²) in [5.74, 6) is 1.74. The zero-order valence-electron chi connectivity index (χ0n) is 10.1. The predicted octanol–water partition coefficient (Wildman–Crippen LogP) is 2.72. The van der Waals surface area contributed by atoms with Crippen molar-refractivity contribution in [2.45, 2.75) is 37.0 Å². The zero-order chi connectivity index (χ0) is 11.9. The van der Waals surface area contributed by atoms with Crippen molar-refractivity contribution in [3.05, 3.63) is 29.3 Å². The van der Waals surface area contributed by atoms with E-state index in [9.17, 15) is 5.11 Å². The van der Waals surface area contributed by atoms with Gasteiger partial charge in [-0.05, 0) is 24.8 Å². The molecule has 0 radical (unpaired) electrons. The second-order valence-electron chi connectivity index (χ2n) is 5.10. The molecule has 2 aliphatic rings. The Kier molecular flexibility index (Phi) is 2.83. The van der Waals surface area contributed by atoms with E-state index in [1.807, 2.05) is 17.8 Å². The van der Waals surface area contributed by atoms with E-state index in [4.69, 9.17) is 4.74 Å². The van der Waals surface area contributed by atoms with Gasteiger partial charge in [0.15, 0.2) is 0 Å². The Bertz CT molecular complexity index is 432. The highest BCUT2D eigenvalue weighted by atomic mass is 32.2. The second kappa shape index (κ2) is 4.21. The van der Waals surface area contributed by atoms with E-state index in [1.165, 1.54) is 5.56 Å². The monoisotopic (exact) mass is 250 g/mol. The number of aryl methyl sites for hydroxylation is 1. The van der Waals surface area contributed by atoms with Crippen LogP contribution in [0.1, 0.15) is 30.9 Å². The van der Waals surface area contributed by atoms with Crippen LogP contribution in [0.2, 0.25) is 0 Å². The summed E-state index contributed by atoms with van der Waals surface area (Å²) < 4.78 is 5.80. The summed E-state index contributed by atoms with van der Waals surface area (Å²) in [5.41, 5.74) is 1.57. The average molecular weight is 250 g/mol. The smallest absolute Gasteiger partial charge is 0.128 e. The highest BCUT2D eigenvalue weighted by Gasteiger charge is 2.40. The van der Waals surface area contributed by atoms with E-state index in [2.05, 4.69) is 19.1 Å². The third-order valence-electron chi connectivity index (χ3n) is 3.67. The summed E-state index contributed by atoms with van der Waals surface area (Å²) in [6, 6.07) is 6.20. The van der Waals surface area contributed by atoms with Gasteiger partial charge in [-0.1, -0.05) is 25.1 Å². The molecule has 0 aliphatic carbocycles. The molecule has 2 aliphatic heterocycles. The molecule has 1 aromatic carbocycles. The maximum Gasteiger partial charge on any atom is 0.128 e. The highest BCUT2D eigenvalue weighted by Crippen LogP contribution is 2.46. The van der Waals surface area contributed by atoms with E-state index in [1.54, 1.807) is 0 Å². The third-order valence-corrected chi connectivity index (χ3v) is 5.05. The van der Waals surface area contributed by atoms with Crippen molar-refractivity contribution in [3.8, 4) is 5.75 Å². The van der Waals surface area contributed by atoms with Crippen LogP contribution in [0.4, 0.5) is 0 Å². The minimum absolute atomic E-state index is 0.527. The van der Waals surface area contributed by atoms with Gasteiger partial charge < -0.3 is 9.84 Å². The molecule has 2 nitrogen and oxygen atoms in total. The molecule has 0 aromatic heterocycles. The molecule has 0 amide bonds. The molecule has 1 aromatic rings. The van der Waals surface area contributed by atoms with E-state index in [0.717, 1.165) is 42.9 Å². The van der Waals surface area contributed by atoms with Crippen LogP contribution in [-0.4, -0.2) is 22.7 Å². The Morgan fingerprint density at radius 3 is 3.12 bits per heavy atom. The lowest BCUT2D eigenvalue weighted by atomic mass is 9.88. The van der Waals surface area contributed by atoms with Crippen molar-refractivity contribution < 1.29 is 9.84 Å². The first kappa shape index (κ1) is 11.4. The minimum Gasteiger partial charge on any atom is -0.493 e. The standard InChI is InChI=1S/C14H18O2S/c1-10-8-14(15,9-17-10)12-6-2-4-11-5-3-7-16-13(11)12/h2,4,6,10,15H,3,5,7-9H2,1H3. The summed E-state index contributed by atoms with van der Waals surface area (Å²) in [7, 11) is 0. The van der Waals surface area contributed by atoms with Gasteiger partial charge in [0.05, 0.1) is 6.61 Å². The van der Waals surface area contributed by atoms with Crippen LogP contribution in [0.3, 0.4) is 0 Å². The quantitative estimate of drug-likeness (QED) is 0.831. The molecule has 1 fully saturated rings. The minimum atomic E-state index is -0.688. The zero-order valence-corrected chi connectivity index (χ0v) is 10.9. The van der Waals surface area contributed by atoms with E-state index in [0.29, 0.717) is 5.25 Å². The van der Waals surface area contributed by atoms with Crippen LogP contribution in [0.5, 0.6) is 5.75 Å². The number of rotatable bonds is 1. The number of thioether (sulfide) groups is 1. The van der Waals surface area contributed by atoms with Crippen LogP contribution < -0.4 is 4.74 Å². The van der Waals surface area contributed by atoms with Gasteiger partial charge in [-0.15, -0.1) is 0 Å². The third kappa shape index (κ3) is 1.95. The number of aliphatic hydroxyl groups is 1. The summed E-state index contributed by atoms with van der Waals surface area (Å²) in [6.45, 7) is 2.96. The topological polar surface area (TPSA) is 29.5 Å². The van der Waals surface area contributed by atoms with Crippen molar-refractivity contribution >= 4 is 11.8 Å². The fourth-order valence-corrected chi connectivity index (χ4v) is 4.04. The molecule has 2 atom stereocenters. The van der Waals surface area contributed by atoms with Crippen molar-refractivity contribution in [3.63, 3.8) is 0 Å². The average Bonchev–Trinajstić information content (AvgIpc) is 2.70. The molecule has 92 valence electrons. The van der Waals surface area contributed by atoms with Gasteiger partial charge in [0, 0.05) is 16.6 Å². The number of ether oxygens (including phenoxy) is 1. The van der Waals surface area contributed by atoms with Crippen molar-refractivity contribution in [1.29, 1.82) is 0 Å². The lowest BCUT2D eigenvalue weighted by Crippen LogP contribution is -2.27. The Balaban J connectivity index is 2.03. The second-order valence-corrected chi connectivity index (χ2v) is 6.53. The molecular formula is C14H18O2S. The van der Waals surface area contributed by atoms with Gasteiger partial charge in [-0.2, -0.15) is 11.8 Å². The SMILES string of the molecule is CC1CC(O)(c2cccc3c2OCCC3)CS1. The van der Waals surface area contributed by atoms with E-state index < -0.39 is 5.60 Å². The molecule has 17 heavy (non-hydrogen) atoms. The highest BCUT2D eigenvalue weighted by molar-refractivity contribution is 8.00. The van der Waals surface area contributed by atoms with E-state index >= 15 is 0 Å².